The first-order valence-corrected chi connectivity index (χ1v) is 5.06. The van der Waals surface area contributed by atoms with E-state index < -0.39 is 5.97 Å². The number of carboxylic acid groups (broad SMARTS) is 1. The lowest BCUT2D eigenvalue weighted by atomic mass is 10.3. The Balaban J connectivity index is 2.51. The summed E-state index contributed by atoms with van der Waals surface area (Å²) < 4.78 is 5.95. The molecule has 76 valence electrons. The molecule has 0 aliphatic heterocycles. The first-order chi connectivity index (χ1) is 6.59. The minimum atomic E-state index is -0.881. The van der Waals surface area contributed by atoms with Crippen molar-refractivity contribution in [2.75, 3.05) is 6.61 Å². The minimum absolute atomic E-state index is 0.0202. The first kappa shape index (κ1) is 11.3. The molecule has 14 heavy (non-hydrogen) atoms. The Morgan fingerprint density at radius 3 is 2.86 bits per heavy atom. The lowest BCUT2D eigenvalue weighted by Gasteiger charge is -2.05. The van der Waals surface area contributed by atoms with Gasteiger partial charge in [-0.1, -0.05) is 11.6 Å². The van der Waals surface area contributed by atoms with Gasteiger partial charge in [-0.3, -0.25) is 4.79 Å². The summed E-state index contributed by atoms with van der Waals surface area (Å²) >= 11 is 9.05. The van der Waals surface area contributed by atoms with Gasteiger partial charge in [0, 0.05) is 4.47 Å². The van der Waals surface area contributed by atoms with E-state index in [1.165, 1.54) is 0 Å². The van der Waals surface area contributed by atoms with Crippen molar-refractivity contribution in [3.05, 3.63) is 27.7 Å². The first-order valence-electron chi connectivity index (χ1n) is 3.89. The van der Waals surface area contributed by atoms with Gasteiger partial charge in [0.05, 0.1) is 18.1 Å². The molecular weight excluding hydrogens is 271 g/mol. The van der Waals surface area contributed by atoms with E-state index in [9.17, 15) is 4.79 Å². The molecule has 0 fully saturated rings. The molecule has 0 atom stereocenters. The maximum absolute atomic E-state index is 10.2. The number of carboxylic acids is 1. The molecule has 0 radical (unpaired) electrons. The fourth-order valence-electron chi connectivity index (χ4n) is 0.823. The number of carbonyl (C=O) groups is 1. The zero-order valence-corrected chi connectivity index (χ0v) is 9.51. The van der Waals surface area contributed by atoms with Crippen LogP contribution in [0.25, 0.3) is 0 Å². The van der Waals surface area contributed by atoms with Gasteiger partial charge in [0.1, 0.15) is 5.75 Å². The predicted octanol–water partition coefficient (Wildman–Crippen LogP) is 2.96. The Morgan fingerprint density at radius 2 is 2.29 bits per heavy atom. The molecule has 0 heterocycles. The van der Waals surface area contributed by atoms with Crippen molar-refractivity contribution in [2.24, 2.45) is 0 Å². The van der Waals surface area contributed by atoms with Gasteiger partial charge in [-0.25, -0.2) is 0 Å². The van der Waals surface area contributed by atoms with Crippen LogP contribution in [0, 0.1) is 0 Å². The van der Waals surface area contributed by atoms with Crippen LogP contribution in [-0.4, -0.2) is 17.7 Å². The van der Waals surface area contributed by atoms with E-state index in [-0.39, 0.29) is 13.0 Å². The molecule has 1 aromatic rings. The van der Waals surface area contributed by atoms with Crippen molar-refractivity contribution in [1.29, 1.82) is 0 Å². The summed E-state index contributed by atoms with van der Waals surface area (Å²) in [7, 11) is 0. The van der Waals surface area contributed by atoms with Crippen LogP contribution in [0.1, 0.15) is 6.42 Å². The van der Waals surface area contributed by atoms with Gasteiger partial charge in [0.25, 0.3) is 0 Å². The zero-order chi connectivity index (χ0) is 10.6. The summed E-state index contributed by atoms with van der Waals surface area (Å²) in [4.78, 5) is 10.2. The summed E-state index contributed by atoms with van der Waals surface area (Å²) in [6, 6.07) is 5.10. The third-order valence-corrected chi connectivity index (χ3v) is 2.71. The van der Waals surface area contributed by atoms with E-state index in [1.54, 1.807) is 18.2 Å². The van der Waals surface area contributed by atoms with Gasteiger partial charge in [-0.2, -0.15) is 0 Å². The summed E-state index contributed by atoms with van der Waals surface area (Å²) in [6.07, 6.45) is -0.0202. The molecule has 0 aliphatic rings. The van der Waals surface area contributed by atoms with Crippen LogP contribution in [0.2, 0.25) is 5.02 Å². The second kappa shape index (κ2) is 5.22. The van der Waals surface area contributed by atoms with E-state index in [4.69, 9.17) is 21.4 Å². The second-order valence-electron chi connectivity index (χ2n) is 2.57. The third-order valence-electron chi connectivity index (χ3n) is 1.48. The third kappa shape index (κ3) is 3.55. The van der Waals surface area contributed by atoms with Crippen LogP contribution in [0.4, 0.5) is 0 Å². The van der Waals surface area contributed by atoms with Crippen LogP contribution >= 0.6 is 27.5 Å². The molecule has 0 bridgehead atoms. The van der Waals surface area contributed by atoms with Gasteiger partial charge in [0.15, 0.2) is 0 Å². The maximum atomic E-state index is 10.2. The molecule has 0 spiro atoms. The van der Waals surface area contributed by atoms with E-state index in [0.29, 0.717) is 10.8 Å². The SMILES string of the molecule is O=C(O)CCOc1ccc(Br)c(Cl)c1. The average Bonchev–Trinajstić information content (AvgIpc) is 2.10. The van der Waals surface area contributed by atoms with E-state index in [0.717, 1.165) is 4.47 Å². The predicted molar refractivity (Wildman–Crippen MR) is 56.9 cm³/mol. The molecule has 0 unspecified atom stereocenters. The Kier molecular flexibility index (Phi) is 4.22. The summed E-state index contributed by atoms with van der Waals surface area (Å²) in [5, 5.41) is 8.92. The molecule has 1 N–H and O–H groups in total. The highest BCUT2D eigenvalue weighted by Gasteiger charge is 2.01. The lowest BCUT2D eigenvalue weighted by molar-refractivity contribution is -0.137. The van der Waals surface area contributed by atoms with E-state index >= 15 is 0 Å². The van der Waals surface area contributed by atoms with Crippen molar-refractivity contribution in [2.45, 2.75) is 6.42 Å². The number of ether oxygens (including phenoxy) is 1. The highest BCUT2D eigenvalue weighted by atomic mass is 79.9. The largest absolute Gasteiger partial charge is 0.493 e. The van der Waals surface area contributed by atoms with Gasteiger partial charge in [-0.15, -0.1) is 0 Å². The molecule has 0 aliphatic carbocycles. The monoisotopic (exact) mass is 278 g/mol. The van der Waals surface area contributed by atoms with Crippen LogP contribution < -0.4 is 4.74 Å². The Bertz CT molecular complexity index is 341. The van der Waals surface area contributed by atoms with Crippen molar-refractivity contribution < 1.29 is 14.6 Å². The molecule has 1 aromatic carbocycles. The fraction of sp³-hybridized carbons (Fsp3) is 0.222. The number of rotatable bonds is 4. The highest BCUT2D eigenvalue weighted by Crippen LogP contribution is 2.26. The molecule has 1 rings (SSSR count). The summed E-state index contributed by atoms with van der Waals surface area (Å²) in [6.45, 7) is 0.146. The van der Waals surface area contributed by atoms with E-state index in [2.05, 4.69) is 15.9 Å². The van der Waals surface area contributed by atoms with Gasteiger partial charge in [0.2, 0.25) is 0 Å². The number of hydrogen-bond acceptors (Lipinski definition) is 2. The van der Waals surface area contributed by atoms with Gasteiger partial charge < -0.3 is 9.84 Å². The highest BCUT2D eigenvalue weighted by molar-refractivity contribution is 9.10. The quantitative estimate of drug-likeness (QED) is 0.922. The van der Waals surface area contributed by atoms with Crippen molar-refractivity contribution in [3.8, 4) is 5.75 Å². The van der Waals surface area contributed by atoms with Crippen molar-refractivity contribution in [1.82, 2.24) is 0 Å². The Labute approximate surface area is 94.8 Å². The van der Waals surface area contributed by atoms with Gasteiger partial charge in [-0.05, 0) is 34.1 Å². The minimum Gasteiger partial charge on any atom is -0.493 e. The number of halogens is 2. The number of benzene rings is 1. The van der Waals surface area contributed by atoms with E-state index in [1.807, 2.05) is 0 Å². The van der Waals surface area contributed by atoms with Crippen molar-refractivity contribution in [3.63, 3.8) is 0 Å². The standard InChI is InChI=1S/C9H8BrClO3/c10-7-2-1-6(5-8(7)11)14-4-3-9(12)13/h1-2,5H,3-4H2,(H,12,13). The van der Waals surface area contributed by atoms with Gasteiger partial charge >= 0.3 is 5.97 Å². The fourth-order valence-corrected chi connectivity index (χ4v) is 1.24. The van der Waals surface area contributed by atoms with Crippen LogP contribution in [-0.2, 0) is 4.79 Å². The maximum Gasteiger partial charge on any atom is 0.306 e. The lowest BCUT2D eigenvalue weighted by Crippen LogP contribution is -2.04. The van der Waals surface area contributed by atoms with Crippen LogP contribution in [0.5, 0.6) is 5.75 Å². The summed E-state index contributed by atoms with van der Waals surface area (Å²) in [5.41, 5.74) is 0. The second-order valence-corrected chi connectivity index (χ2v) is 3.83. The van der Waals surface area contributed by atoms with Crippen LogP contribution in [0.3, 0.4) is 0 Å². The molecule has 5 heteroatoms. The average molecular weight is 280 g/mol. The Hall–Kier alpha value is -0.740. The molecule has 0 saturated heterocycles. The molecule has 3 nitrogen and oxygen atoms in total. The van der Waals surface area contributed by atoms with Crippen molar-refractivity contribution >= 4 is 33.5 Å². The topological polar surface area (TPSA) is 46.5 Å². The Morgan fingerprint density at radius 1 is 1.57 bits per heavy atom. The zero-order valence-electron chi connectivity index (χ0n) is 7.17. The molecule has 0 aromatic heterocycles. The number of aliphatic carboxylic acids is 1. The van der Waals surface area contributed by atoms with Crippen LogP contribution in [0.15, 0.2) is 22.7 Å². The molecular formula is C9H8BrClO3. The molecule has 0 saturated carbocycles. The number of hydrogen-bond donors (Lipinski definition) is 1. The molecule has 0 amide bonds. The smallest absolute Gasteiger partial charge is 0.306 e. The normalized spacial score (nSPS) is 9.86. The summed E-state index contributed by atoms with van der Waals surface area (Å²) in [5.74, 6) is -0.312.